The Morgan fingerprint density at radius 3 is 2.41 bits per heavy atom. The summed E-state index contributed by atoms with van der Waals surface area (Å²) in [6, 6.07) is 13.1. The molecule has 0 saturated heterocycles. The van der Waals surface area contributed by atoms with Crippen LogP contribution in [0.5, 0.6) is 17.2 Å². The zero-order valence-corrected chi connectivity index (χ0v) is 12.5. The van der Waals surface area contributed by atoms with Crippen LogP contribution in [0.4, 0.5) is 0 Å². The van der Waals surface area contributed by atoms with Gasteiger partial charge in [-0.15, -0.1) is 0 Å². The molecule has 0 atom stereocenters. The van der Waals surface area contributed by atoms with E-state index in [9.17, 15) is 4.79 Å². The molecule has 4 nitrogen and oxygen atoms in total. The van der Waals surface area contributed by atoms with Crippen LogP contribution in [0.3, 0.4) is 0 Å². The first kappa shape index (κ1) is 14.4. The lowest BCUT2D eigenvalue weighted by atomic mass is 10.1. The Bertz CT molecular complexity index is 661. The highest BCUT2D eigenvalue weighted by Crippen LogP contribution is 2.30. The summed E-state index contributed by atoms with van der Waals surface area (Å²) in [5, 5.41) is 0. The number of carbonyl (C=O) groups excluding carboxylic acids is 1. The van der Waals surface area contributed by atoms with Crippen LogP contribution in [0.1, 0.15) is 18.1 Å². The number of fused-ring (bicyclic) bond motifs is 1. The summed E-state index contributed by atoms with van der Waals surface area (Å²) < 4.78 is 16.3. The monoisotopic (exact) mass is 298 g/mol. The van der Waals surface area contributed by atoms with Crippen molar-refractivity contribution in [3.8, 4) is 17.2 Å². The van der Waals surface area contributed by atoms with Crippen molar-refractivity contribution in [3.05, 3.63) is 53.6 Å². The lowest BCUT2D eigenvalue weighted by Crippen LogP contribution is -2.16. The van der Waals surface area contributed by atoms with Gasteiger partial charge in [0.05, 0.1) is 6.42 Å². The van der Waals surface area contributed by atoms with Crippen LogP contribution in [0.25, 0.3) is 0 Å². The van der Waals surface area contributed by atoms with Crippen molar-refractivity contribution in [2.75, 3.05) is 13.2 Å². The highest BCUT2D eigenvalue weighted by molar-refractivity contribution is 5.75. The average Bonchev–Trinajstić information content (AvgIpc) is 2.55. The Morgan fingerprint density at radius 1 is 1.00 bits per heavy atom. The molecule has 0 aliphatic carbocycles. The van der Waals surface area contributed by atoms with Gasteiger partial charge in [0, 0.05) is 0 Å². The van der Waals surface area contributed by atoms with Gasteiger partial charge in [0.15, 0.2) is 11.5 Å². The maximum atomic E-state index is 12.0. The van der Waals surface area contributed by atoms with E-state index in [0.29, 0.717) is 24.7 Å². The molecule has 0 aromatic heterocycles. The number of esters is 1. The van der Waals surface area contributed by atoms with Crippen molar-refractivity contribution in [2.24, 2.45) is 0 Å². The quantitative estimate of drug-likeness (QED) is 0.642. The molecule has 0 N–H and O–H groups in total. The summed E-state index contributed by atoms with van der Waals surface area (Å²) in [6.45, 7) is 3.18. The molecule has 0 fully saturated rings. The predicted molar refractivity (Wildman–Crippen MR) is 82.6 cm³/mol. The molecule has 3 rings (SSSR count). The van der Waals surface area contributed by atoms with Gasteiger partial charge in [0.2, 0.25) is 0 Å². The average molecular weight is 298 g/mol. The van der Waals surface area contributed by atoms with Crippen molar-refractivity contribution >= 4 is 5.97 Å². The van der Waals surface area contributed by atoms with Crippen LogP contribution in [0.2, 0.25) is 0 Å². The second-order valence-corrected chi connectivity index (χ2v) is 5.13. The van der Waals surface area contributed by atoms with Crippen molar-refractivity contribution in [1.82, 2.24) is 0 Å². The molecule has 0 unspecified atom stereocenters. The number of hydrogen-bond acceptors (Lipinski definition) is 4. The first-order valence-electron chi connectivity index (χ1n) is 7.43. The zero-order chi connectivity index (χ0) is 15.4. The molecule has 0 saturated carbocycles. The molecule has 1 aliphatic rings. The summed E-state index contributed by atoms with van der Waals surface area (Å²) in [5.41, 5.74) is 2.06. The van der Waals surface area contributed by atoms with Gasteiger partial charge in [0.1, 0.15) is 19.0 Å². The minimum Gasteiger partial charge on any atom is -0.486 e. The summed E-state index contributed by atoms with van der Waals surface area (Å²) in [4.78, 5) is 12.0. The summed E-state index contributed by atoms with van der Waals surface area (Å²) >= 11 is 0. The topological polar surface area (TPSA) is 44.8 Å². The first-order chi connectivity index (χ1) is 10.7. The third-order valence-electron chi connectivity index (χ3n) is 3.52. The van der Waals surface area contributed by atoms with Crippen molar-refractivity contribution in [3.63, 3.8) is 0 Å². The Kier molecular flexibility index (Phi) is 4.28. The van der Waals surface area contributed by atoms with Crippen molar-refractivity contribution in [2.45, 2.75) is 19.8 Å². The fraction of sp³-hybridized carbons (Fsp3) is 0.278. The minimum absolute atomic E-state index is 0.201. The maximum absolute atomic E-state index is 12.0. The fourth-order valence-electron chi connectivity index (χ4n) is 2.33. The van der Waals surface area contributed by atoms with Crippen LogP contribution in [0.15, 0.2) is 42.5 Å². The number of ether oxygens (including phenoxy) is 3. The summed E-state index contributed by atoms with van der Waals surface area (Å²) in [5.74, 6) is 1.68. The normalized spacial score (nSPS) is 12.8. The van der Waals surface area contributed by atoms with E-state index in [4.69, 9.17) is 14.2 Å². The predicted octanol–water partition coefficient (Wildman–Crippen LogP) is 3.17. The second kappa shape index (κ2) is 6.52. The molecule has 1 aliphatic heterocycles. The van der Waals surface area contributed by atoms with Crippen LogP contribution >= 0.6 is 0 Å². The Balaban J connectivity index is 1.63. The fourth-order valence-corrected chi connectivity index (χ4v) is 2.33. The molecule has 22 heavy (non-hydrogen) atoms. The molecular weight excluding hydrogens is 280 g/mol. The Labute approximate surface area is 129 Å². The lowest BCUT2D eigenvalue weighted by Gasteiger charge is -2.18. The molecule has 0 radical (unpaired) electrons. The second-order valence-electron chi connectivity index (χ2n) is 5.13. The van der Waals surface area contributed by atoms with E-state index in [0.717, 1.165) is 17.7 Å². The molecule has 4 heteroatoms. The number of aryl methyl sites for hydroxylation is 1. The van der Waals surface area contributed by atoms with Crippen LogP contribution < -0.4 is 14.2 Å². The first-order valence-corrected chi connectivity index (χ1v) is 7.43. The number of rotatable bonds is 4. The molecular formula is C18H18O4. The van der Waals surface area contributed by atoms with Crippen molar-refractivity contribution < 1.29 is 19.0 Å². The van der Waals surface area contributed by atoms with Gasteiger partial charge in [-0.2, -0.15) is 0 Å². The van der Waals surface area contributed by atoms with Gasteiger partial charge in [-0.05, 0) is 41.8 Å². The molecule has 2 aromatic rings. The summed E-state index contributed by atoms with van der Waals surface area (Å²) in [7, 11) is 0. The Morgan fingerprint density at radius 2 is 1.68 bits per heavy atom. The van der Waals surface area contributed by atoms with Gasteiger partial charge in [-0.25, -0.2) is 0 Å². The largest absolute Gasteiger partial charge is 0.486 e. The lowest BCUT2D eigenvalue weighted by molar-refractivity contribution is -0.133. The molecule has 2 aromatic carbocycles. The number of carbonyl (C=O) groups is 1. The third-order valence-corrected chi connectivity index (χ3v) is 3.52. The van der Waals surface area contributed by atoms with Gasteiger partial charge < -0.3 is 14.2 Å². The van der Waals surface area contributed by atoms with E-state index >= 15 is 0 Å². The van der Waals surface area contributed by atoms with Crippen LogP contribution in [-0.4, -0.2) is 19.2 Å². The summed E-state index contributed by atoms with van der Waals surface area (Å²) in [6.07, 6.45) is 1.16. The van der Waals surface area contributed by atoms with Gasteiger partial charge in [-0.3, -0.25) is 4.79 Å². The van der Waals surface area contributed by atoms with Gasteiger partial charge in [-0.1, -0.05) is 25.1 Å². The highest BCUT2D eigenvalue weighted by atomic mass is 16.6. The van der Waals surface area contributed by atoms with E-state index in [-0.39, 0.29) is 12.4 Å². The molecule has 1 heterocycles. The van der Waals surface area contributed by atoms with E-state index in [1.54, 1.807) is 0 Å². The van der Waals surface area contributed by atoms with Gasteiger partial charge >= 0.3 is 5.97 Å². The van der Waals surface area contributed by atoms with Crippen LogP contribution in [-0.2, 0) is 17.6 Å². The standard InChI is InChI=1S/C18H18O4/c1-2-13-3-6-15(7-4-13)22-18(19)12-14-5-8-16-17(11-14)21-10-9-20-16/h3-8,11H,2,9-10,12H2,1H3. The van der Waals surface area contributed by atoms with E-state index in [1.165, 1.54) is 5.56 Å². The number of hydrogen-bond donors (Lipinski definition) is 0. The molecule has 0 bridgehead atoms. The van der Waals surface area contributed by atoms with Crippen LogP contribution in [0, 0.1) is 0 Å². The Hall–Kier alpha value is -2.49. The van der Waals surface area contributed by atoms with E-state index in [2.05, 4.69) is 6.92 Å². The van der Waals surface area contributed by atoms with Crippen molar-refractivity contribution in [1.29, 1.82) is 0 Å². The van der Waals surface area contributed by atoms with E-state index < -0.39 is 0 Å². The minimum atomic E-state index is -0.291. The van der Waals surface area contributed by atoms with E-state index in [1.807, 2.05) is 42.5 Å². The smallest absolute Gasteiger partial charge is 0.315 e. The third kappa shape index (κ3) is 3.39. The number of benzene rings is 2. The molecule has 114 valence electrons. The maximum Gasteiger partial charge on any atom is 0.315 e. The molecule has 0 spiro atoms. The highest BCUT2D eigenvalue weighted by Gasteiger charge is 2.14. The zero-order valence-electron chi connectivity index (χ0n) is 12.5. The SMILES string of the molecule is CCc1ccc(OC(=O)Cc2ccc3c(c2)OCCO3)cc1. The molecule has 0 amide bonds. The van der Waals surface area contributed by atoms with Gasteiger partial charge in [0.25, 0.3) is 0 Å².